The summed E-state index contributed by atoms with van der Waals surface area (Å²) in [5.41, 5.74) is 0. The number of nitrogens with zero attached hydrogens (tertiary/aromatic N) is 2. The van der Waals surface area contributed by atoms with Gasteiger partial charge in [-0.15, -0.1) is 0 Å². The monoisotopic (exact) mass is 561 g/mol. The molecule has 40 heavy (non-hydrogen) atoms. The van der Waals surface area contributed by atoms with Gasteiger partial charge in [-0.1, -0.05) is 188 Å². The quantitative estimate of drug-likeness (QED) is 0.0755. The summed E-state index contributed by atoms with van der Waals surface area (Å²) < 4.78 is 0. The smallest absolute Gasteiger partial charge is 0.101 e. The highest BCUT2D eigenvalue weighted by atomic mass is 15.4. The Morgan fingerprint density at radius 1 is 0.325 bits per heavy atom. The molecule has 0 saturated heterocycles. The van der Waals surface area contributed by atoms with E-state index in [2.05, 4.69) is 43.0 Å². The lowest BCUT2D eigenvalue weighted by Gasteiger charge is -2.33. The van der Waals surface area contributed by atoms with Gasteiger partial charge in [-0.2, -0.15) is 0 Å². The third-order valence-corrected chi connectivity index (χ3v) is 9.32. The summed E-state index contributed by atoms with van der Waals surface area (Å²) in [5.74, 6) is 0. The minimum Gasteiger partial charge on any atom is -0.356 e. The minimum absolute atomic E-state index is 0.641. The average Bonchev–Trinajstić information content (AvgIpc) is 3.35. The number of rotatable bonds is 32. The molecule has 2 heteroatoms. The Kier molecular flexibility index (Phi) is 27.9. The summed E-state index contributed by atoms with van der Waals surface area (Å²) >= 11 is 0. The van der Waals surface area contributed by atoms with Gasteiger partial charge in [0, 0.05) is 25.5 Å². The molecule has 1 rings (SSSR count). The van der Waals surface area contributed by atoms with E-state index in [4.69, 9.17) is 0 Å². The van der Waals surface area contributed by atoms with Crippen LogP contribution in [0.2, 0.25) is 0 Å². The molecule has 238 valence electrons. The molecule has 0 N–H and O–H groups in total. The van der Waals surface area contributed by atoms with Crippen LogP contribution in [0.25, 0.3) is 0 Å². The van der Waals surface area contributed by atoms with Crippen LogP contribution in [-0.2, 0) is 0 Å². The van der Waals surface area contributed by atoms with Gasteiger partial charge in [-0.25, -0.2) is 0 Å². The third-order valence-electron chi connectivity index (χ3n) is 9.32. The van der Waals surface area contributed by atoms with E-state index in [1.165, 1.54) is 206 Å². The second-order valence-electron chi connectivity index (χ2n) is 13.2. The zero-order valence-electron chi connectivity index (χ0n) is 28.3. The van der Waals surface area contributed by atoms with Crippen LogP contribution in [0.1, 0.15) is 213 Å². The highest BCUT2D eigenvalue weighted by Crippen LogP contribution is 2.24. The Morgan fingerprint density at radius 3 is 0.875 bits per heavy atom. The molecule has 1 atom stereocenters. The van der Waals surface area contributed by atoms with Crippen LogP contribution in [0.3, 0.4) is 0 Å². The SMILES string of the molecule is CCCCCCCCCCCCCCCN1C=CN(CCCCCCCCCCCCC)C1CCCCCCC. The molecule has 0 aromatic rings. The van der Waals surface area contributed by atoms with E-state index in [1.54, 1.807) is 0 Å². The van der Waals surface area contributed by atoms with Crippen molar-refractivity contribution < 1.29 is 0 Å². The molecule has 2 nitrogen and oxygen atoms in total. The van der Waals surface area contributed by atoms with Gasteiger partial charge in [0.05, 0.1) is 0 Å². The Hall–Kier alpha value is -0.660. The summed E-state index contributed by atoms with van der Waals surface area (Å²) in [7, 11) is 0. The summed E-state index contributed by atoms with van der Waals surface area (Å²) in [6.45, 7) is 9.48. The standard InChI is InChI=1S/C38H76N2/c1-4-7-10-13-15-17-19-20-22-24-26-29-32-35-40-37-36-39(38(40)33-30-27-12-9-6-3)34-31-28-25-23-21-18-16-14-11-8-5-2/h36-38H,4-35H2,1-3H3. The van der Waals surface area contributed by atoms with Gasteiger partial charge in [-0.3, -0.25) is 0 Å². The van der Waals surface area contributed by atoms with Crippen LogP contribution in [0.5, 0.6) is 0 Å². The maximum Gasteiger partial charge on any atom is 0.101 e. The van der Waals surface area contributed by atoms with Crippen molar-refractivity contribution in [3.05, 3.63) is 12.4 Å². The van der Waals surface area contributed by atoms with Crippen molar-refractivity contribution in [1.82, 2.24) is 9.80 Å². The Bertz CT molecular complexity index is 516. The van der Waals surface area contributed by atoms with Gasteiger partial charge in [0.1, 0.15) is 6.17 Å². The first kappa shape index (κ1) is 37.4. The van der Waals surface area contributed by atoms with Gasteiger partial charge in [0.25, 0.3) is 0 Å². The second kappa shape index (κ2) is 29.8. The molecule has 1 aliphatic rings. The first-order chi connectivity index (χ1) is 19.8. The van der Waals surface area contributed by atoms with E-state index >= 15 is 0 Å². The lowest BCUT2D eigenvalue weighted by molar-refractivity contribution is 0.135. The van der Waals surface area contributed by atoms with E-state index in [0.29, 0.717) is 6.17 Å². The molecule has 0 aliphatic carbocycles. The number of hydrogen-bond donors (Lipinski definition) is 0. The van der Waals surface area contributed by atoms with Crippen molar-refractivity contribution in [2.45, 2.75) is 220 Å². The molecule has 0 saturated carbocycles. The molecule has 1 heterocycles. The van der Waals surface area contributed by atoms with Crippen molar-refractivity contribution in [3.8, 4) is 0 Å². The Labute approximate surface area is 254 Å². The first-order valence-corrected chi connectivity index (χ1v) is 19.0. The molecular formula is C38H76N2. The van der Waals surface area contributed by atoms with Crippen LogP contribution in [0.4, 0.5) is 0 Å². The van der Waals surface area contributed by atoms with Gasteiger partial charge in [0.15, 0.2) is 0 Å². The zero-order chi connectivity index (χ0) is 28.8. The molecule has 0 fully saturated rings. The molecule has 0 bridgehead atoms. The van der Waals surface area contributed by atoms with Crippen LogP contribution in [0.15, 0.2) is 12.4 Å². The molecule has 1 unspecified atom stereocenters. The van der Waals surface area contributed by atoms with Crippen molar-refractivity contribution in [2.75, 3.05) is 13.1 Å². The maximum atomic E-state index is 2.71. The van der Waals surface area contributed by atoms with Gasteiger partial charge < -0.3 is 9.80 Å². The summed E-state index contributed by atoms with van der Waals surface area (Å²) in [6.07, 6.45) is 48.4. The van der Waals surface area contributed by atoms with Crippen LogP contribution >= 0.6 is 0 Å². The normalized spacial score (nSPS) is 15.1. The molecule has 1 aliphatic heterocycles. The van der Waals surface area contributed by atoms with E-state index in [9.17, 15) is 0 Å². The Morgan fingerprint density at radius 2 is 0.575 bits per heavy atom. The lowest BCUT2D eigenvalue weighted by atomic mass is 10.0. The lowest BCUT2D eigenvalue weighted by Crippen LogP contribution is -2.39. The topological polar surface area (TPSA) is 6.48 Å². The zero-order valence-corrected chi connectivity index (χ0v) is 28.3. The Balaban J connectivity index is 2.14. The molecule has 0 aromatic carbocycles. The van der Waals surface area contributed by atoms with Gasteiger partial charge >= 0.3 is 0 Å². The summed E-state index contributed by atoms with van der Waals surface area (Å²) in [5, 5.41) is 0. The molecule has 0 radical (unpaired) electrons. The average molecular weight is 561 g/mol. The fourth-order valence-corrected chi connectivity index (χ4v) is 6.54. The first-order valence-electron chi connectivity index (χ1n) is 19.0. The predicted octanol–water partition coefficient (Wildman–Crippen LogP) is 13.2. The molecule has 0 amide bonds. The maximum absolute atomic E-state index is 2.71. The molecule has 0 aromatic heterocycles. The largest absolute Gasteiger partial charge is 0.356 e. The number of unbranched alkanes of at least 4 members (excludes halogenated alkanes) is 26. The highest BCUT2D eigenvalue weighted by Gasteiger charge is 2.24. The highest BCUT2D eigenvalue weighted by molar-refractivity contribution is 4.97. The van der Waals surface area contributed by atoms with Crippen LogP contribution < -0.4 is 0 Å². The van der Waals surface area contributed by atoms with Crippen molar-refractivity contribution in [2.24, 2.45) is 0 Å². The van der Waals surface area contributed by atoms with E-state index in [1.807, 2.05) is 0 Å². The van der Waals surface area contributed by atoms with Crippen molar-refractivity contribution >= 4 is 0 Å². The predicted molar refractivity (Wildman–Crippen MR) is 182 cm³/mol. The summed E-state index contributed by atoms with van der Waals surface area (Å²) in [4.78, 5) is 5.41. The van der Waals surface area contributed by atoms with Crippen LogP contribution in [0, 0.1) is 0 Å². The van der Waals surface area contributed by atoms with Gasteiger partial charge in [-0.05, 0) is 25.7 Å². The second-order valence-corrected chi connectivity index (χ2v) is 13.2. The fourth-order valence-electron chi connectivity index (χ4n) is 6.54. The van der Waals surface area contributed by atoms with Crippen LogP contribution in [-0.4, -0.2) is 29.1 Å². The molecular weight excluding hydrogens is 484 g/mol. The van der Waals surface area contributed by atoms with E-state index in [-0.39, 0.29) is 0 Å². The van der Waals surface area contributed by atoms with Gasteiger partial charge in [0.2, 0.25) is 0 Å². The van der Waals surface area contributed by atoms with E-state index < -0.39 is 0 Å². The van der Waals surface area contributed by atoms with Crippen molar-refractivity contribution in [3.63, 3.8) is 0 Å². The van der Waals surface area contributed by atoms with E-state index in [0.717, 1.165) is 0 Å². The minimum atomic E-state index is 0.641. The third kappa shape index (κ3) is 22.0. The molecule has 0 spiro atoms. The summed E-state index contributed by atoms with van der Waals surface area (Å²) in [6, 6.07) is 0. The number of hydrogen-bond acceptors (Lipinski definition) is 2. The van der Waals surface area contributed by atoms with Crippen molar-refractivity contribution in [1.29, 1.82) is 0 Å². The fraction of sp³-hybridized carbons (Fsp3) is 0.947.